The summed E-state index contributed by atoms with van der Waals surface area (Å²) < 4.78 is 0. The van der Waals surface area contributed by atoms with Crippen molar-refractivity contribution in [2.24, 2.45) is 0 Å². The Kier molecular flexibility index (Phi) is 7.60. The van der Waals surface area contributed by atoms with Crippen molar-refractivity contribution in [3.63, 3.8) is 0 Å². The smallest absolute Gasteiger partial charge is 0.321 e. The van der Waals surface area contributed by atoms with Crippen molar-refractivity contribution in [2.75, 3.05) is 38.5 Å². The first-order valence-corrected chi connectivity index (χ1v) is 9.20. The molecule has 2 heterocycles. The molecule has 2 saturated heterocycles. The molecule has 0 saturated carbocycles. The summed E-state index contributed by atoms with van der Waals surface area (Å²) in [5.41, 5.74) is 2.21. The second kappa shape index (κ2) is 9.91. The van der Waals surface area contributed by atoms with Crippen LogP contribution in [-0.2, 0) is 4.79 Å². The van der Waals surface area contributed by atoms with Crippen molar-refractivity contribution in [3.8, 4) is 0 Å². The van der Waals surface area contributed by atoms with E-state index in [0.717, 1.165) is 38.2 Å². The minimum absolute atomic E-state index is 0.0686. The van der Waals surface area contributed by atoms with Gasteiger partial charge in [-0.3, -0.25) is 14.5 Å². The zero-order valence-electron chi connectivity index (χ0n) is 15.9. The van der Waals surface area contributed by atoms with E-state index >= 15 is 0 Å². The monoisotopic (exact) mass is 376 g/mol. The predicted octanol–water partition coefficient (Wildman–Crippen LogP) is 1.76. The normalized spacial score (nSPS) is 19.2. The number of nitrogens with one attached hydrogen (secondary N) is 2. The Morgan fingerprint density at radius 3 is 2.63 bits per heavy atom. The van der Waals surface area contributed by atoms with Crippen LogP contribution < -0.4 is 10.6 Å². The van der Waals surface area contributed by atoms with Crippen molar-refractivity contribution in [1.82, 2.24) is 15.1 Å². The molecule has 27 heavy (non-hydrogen) atoms. The molecule has 1 atom stereocenters. The van der Waals surface area contributed by atoms with Gasteiger partial charge in [0.2, 0.25) is 0 Å². The number of benzene rings is 1. The molecule has 2 aliphatic rings. The van der Waals surface area contributed by atoms with E-state index in [4.69, 9.17) is 9.90 Å². The quantitative estimate of drug-likeness (QED) is 0.683. The fourth-order valence-electron chi connectivity index (χ4n) is 3.63. The first-order chi connectivity index (χ1) is 13.0. The van der Waals surface area contributed by atoms with E-state index in [1.807, 2.05) is 17.9 Å². The van der Waals surface area contributed by atoms with E-state index in [2.05, 4.69) is 15.5 Å². The lowest BCUT2D eigenvalue weighted by molar-refractivity contribution is -0.122. The average Bonchev–Trinajstić information content (AvgIpc) is 3.00. The lowest BCUT2D eigenvalue weighted by Crippen LogP contribution is -2.41. The summed E-state index contributed by atoms with van der Waals surface area (Å²) in [4.78, 5) is 37.3. The molecule has 1 aromatic rings. The van der Waals surface area contributed by atoms with Crippen molar-refractivity contribution in [2.45, 2.75) is 32.2 Å². The molecular formula is C19H28N4O4. The number of nitrogens with zero attached hydrogens (tertiary/aromatic N) is 2. The van der Waals surface area contributed by atoms with E-state index in [0.29, 0.717) is 17.3 Å². The maximum absolute atomic E-state index is 12.7. The number of urea groups is 1. The lowest BCUT2D eigenvalue weighted by Gasteiger charge is -2.26. The van der Waals surface area contributed by atoms with E-state index in [9.17, 15) is 9.59 Å². The number of fused-ring (bicyclic) bond motifs is 1. The van der Waals surface area contributed by atoms with Gasteiger partial charge in [-0.15, -0.1) is 0 Å². The minimum atomic E-state index is -0.250. The molecule has 0 aliphatic carbocycles. The fourth-order valence-corrected chi connectivity index (χ4v) is 3.63. The molecule has 3 N–H and O–H groups in total. The molecule has 8 heteroatoms. The summed E-state index contributed by atoms with van der Waals surface area (Å²) in [5, 5.41) is 12.5. The molecule has 8 nitrogen and oxygen atoms in total. The summed E-state index contributed by atoms with van der Waals surface area (Å²) in [6.07, 6.45) is 3.42. The van der Waals surface area contributed by atoms with Crippen molar-refractivity contribution >= 4 is 24.1 Å². The number of carboxylic acid groups (broad SMARTS) is 1. The van der Waals surface area contributed by atoms with Gasteiger partial charge in [0.25, 0.3) is 12.4 Å². The first kappa shape index (κ1) is 20.7. The number of carbonyl (C=O) groups excluding carboxylic acids is 2. The molecule has 3 amide bonds. The zero-order chi connectivity index (χ0) is 19.8. The van der Waals surface area contributed by atoms with Crippen LogP contribution in [0.15, 0.2) is 18.2 Å². The number of hydrogen-bond acceptors (Lipinski definition) is 4. The van der Waals surface area contributed by atoms with Gasteiger partial charge in [0, 0.05) is 44.0 Å². The highest BCUT2D eigenvalue weighted by atomic mass is 16.3. The topological polar surface area (TPSA) is 102 Å². The summed E-state index contributed by atoms with van der Waals surface area (Å²) in [6, 6.07) is 5.80. The van der Waals surface area contributed by atoms with Gasteiger partial charge >= 0.3 is 6.03 Å². The number of rotatable bonds is 2. The summed E-state index contributed by atoms with van der Waals surface area (Å²) in [5.74, 6) is -0.151. The van der Waals surface area contributed by atoms with Crippen LogP contribution in [0.5, 0.6) is 0 Å². The van der Waals surface area contributed by atoms with Gasteiger partial charge in [-0.25, -0.2) is 4.79 Å². The van der Waals surface area contributed by atoms with Gasteiger partial charge in [0.1, 0.15) is 0 Å². The van der Waals surface area contributed by atoms with Crippen molar-refractivity contribution < 1.29 is 19.5 Å². The van der Waals surface area contributed by atoms with Gasteiger partial charge in [0.15, 0.2) is 0 Å². The third kappa shape index (κ3) is 5.43. The number of aryl methyl sites for hydroxylation is 1. The van der Waals surface area contributed by atoms with E-state index in [1.165, 1.54) is 12.8 Å². The molecule has 0 aromatic heterocycles. The number of carbonyl (C=O) groups is 3. The molecule has 2 fully saturated rings. The Balaban J connectivity index is 0.000000817. The second-order valence-corrected chi connectivity index (χ2v) is 6.78. The molecule has 148 valence electrons. The maximum atomic E-state index is 12.7. The van der Waals surface area contributed by atoms with Crippen LogP contribution in [0, 0.1) is 6.92 Å². The van der Waals surface area contributed by atoms with Crippen LogP contribution in [-0.4, -0.2) is 72.6 Å². The molecule has 3 rings (SSSR count). The SMILES string of the molecule is CNC(=O)c1ccc(C)c(NC(=O)N2CCCN3CCC[C@H]3C2)c1.O=CO. The fraction of sp³-hybridized carbons (Fsp3) is 0.526. The predicted molar refractivity (Wildman–Crippen MR) is 103 cm³/mol. The van der Waals surface area contributed by atoms with Crippen molar-refractivity contribution in [1.29, 1.82) is 0 Å². The molecular weight excluding hydrogens is 348 g/mol. The Labute approximate surface area is 159 Å². The summed E-state index contributed by atoms with van der Waals surface area (Å²) >= 11 is 0. The molecule has 1 aromatic carbocycles. The molecule has 2 aliphatic heterocycles. The van der Waals surface area contributed by atoms with E-state index in [1.54, 1.807) is 19.2 Å². The Hall–Kier alpha value is -2.61. The van der Waals surface area contributed by atoms with Gasteiger partial charge in [-0.05, 0) is 50.4 Å². The summed E-state index contributed by atoms with van der Waals surface area (Å²) in [6.45, 7) is 5.50. The maximum Gasteiger partial charge on any atom is 0.321 e. The molecule has 0 spiro atoms. The van der Waals surface area contributed by atoms with Crippen LogP contribution in [0.1, 0.15) is 35.2 Å². The third-order valence-corrected chi connectivity index (χ3v) is 5.06. The number of hydrogen-bond donors (Lipinski definition) is 3. The Bertz CT molecular complexity index is 680. The third-order valence-electron chi connectivity index (χ3n) is 5.06. The van der Waals surface area contributed by atoms with E-state index < -0.39 is 0 Å². The zero-order valence-corrected chi connectivity index (χ0v) is 15.9. The Morgan fingerprint density at radius 2 is 1.93 bits per heavy atom. The number of amides is 3. The molecule has 0 bridgehead atoms. The van der Waals surface area contributed by atoms with Crippen LogP contribution in [0.2, 0.25) is 0 Å². The average molecular weight is 376 g/mol. The highest BCUT2D eigenvalue weighted by molar-refractivity contribution is 5.97. The largest absolute Gasteiger partial charge is 0.483 e. The van der Waals surface area contributed by atoms with Crippen LogP contribution >= 0.6 is 0 Å². The first-order valence-electron chi connectivity index (χ1n) is 9.20. The van der Waals surface area contributed by atoms with Crippen LogP contribution in [0.4, 0.5) is 10.5 Å². The number of anilines is 1. The van der Waals surface area contributed by atoms with Gasteiger partial charge in [-0.1, -0.05) is 6.07 Å². The lowest BCUT2D eigenvalue weighted by atomic mass is 10.1. The van der Waals surface area contributed by atoms with Crippen LogP contribution in [0.25, 0.3) is 0 Å². The van der Waals surface area contributed by atoms with E-state index in [-0.39, 0.29) is 18.4 Å². The molecule has 0 unspecified atom stereocenters. The molecule has 0 radical (unpaired) electrons. The van der Waals surface area contributed by atoms with Gasteiger partial charge in [0.05, 0.1) is 0 Å². The van der Waals surface area contributed by atoms with Gasteiger partial charge < -0.3 is 20.6 Å². The second-order valence-electron chi connectivity index (χ2n) is 6.78. The van der Waals surface area contributed by atoms with Crippen molar-refractivity contribution in [3.05, 3.63) is 29.3 Å². The highest BCUT2D eigenvalue weighted by Crippen LogP contribution is 2.23. The standard InChI is InChI=1S/C18H26N4O2.CH2O2/c1-13-6-7-14(17(23)19-2)11-16(13)20-18(24)22-10-4-9-21-8-3-5-15(21)12-22;2-1-3/h6-7,11,15H,3-5,8-10,12H2,1-2H3,(H,19,23)(H,20,24);1H,(H,2,3)/t15-;/m0./s1. The highest BCUT2D eigenvalue weighted by Gasteiger charge is 2.30. The summed E-state index contributed by atoms with van der Waals surface area (Å²) in [7, 11) is 1.60. The Morgan fingerprint density at radius 1 is 1.22 bits per heavy atom. The van der Waals surface area contributed by atoms with Gasteiger partial charge in [-0.2, -0.15) is 0 Å². The van der Waals surface area contributed by atoms with Crippen LogP contribution in [0.3, 0.4) is 0 Å². The minimum Gasteiger partial charge on any atom is -0.483 e.